The minimum atomic E-state index is -0.0906. The van der Waals surface area contributed by atoms with Gasteiger partial charge in [0.1, 0.15) is 0 Å². The summed E-state index contributed by atoms with van der Waals surface area (Å²) in [6.45, 7) is 4.65. The van der Waals surface area contributed by atoms with Crippen LogP contribution in [0, 0.1) is 0 Å². The van der Waals surface area contributed by atoms with Crippen molar-refractivity contribution in [1.29, 1.82) is 0 Å². The Balaban J connectivity index is 0.000000138. The van der Waals surface area contributed by atoms with Gasteiger partial charge in [0, 0.05) is 118 Å². The van der Waals surface area contributed by atoms with Crippen LogP contribution in [0.2, 0.25) is 0 Å². The summed E-state index contributed by atoms with van der Waals surface area (Å²) < 4.78 is 9.29. The average molecular weight is 1320 g/mol. The number of benzene rings is 13. The lowest BCUT2D eigenvalue weighted by Crippen LogP contribution is -2.14. The molecule has 7 aromatic heterocycles. The van der Waals surface area contributed by atoms with E-state index in [1.807, 2.05) is 36.5 Å². The number of pyridine rings is 1. The summed E-state index contributed by atoms with van der Waals surface area (Å²) in [6.07, 6.45) is 6.15. The van der Waals surface area contributed by atoms with Crippen molar-refractivity contribution in [2.75, 3.05) is 0 Å². The maximum atomic E-state index is 5.30. The highest BCUT2D eigenvalue weighted by atomic mass is 15.0. The molecule has 1 aliphatic rings. The zero-order chi connectivity index (χ0) is 68.3. The number of nitrogens with zero attached hydrogens (tertiary/aromatic N) is 9. The maximum Gasteiger partial charge on any atom is 0.160 e. The zero-order valence-corrected chi connectivity index (χ0v) is 56.4. The fourth-order valence-corrected chi connectivity index (χ4v) is 15.9. The molecule has 0 aliphatic heterocycles. The van der Waals surface area contributed by atoms with Gasteiger partial charge in [0.15, 0.2) is 11.6 Å². The fourth-order valence-electron chi connectivity index (χ4n) is 15.9. The maximum absolute atomic E-state index is 5.30. The van der Waals surface area contributed by atoms with Gasteiger partial charge in [-0.1, -0.05) is 190 Å². The van der Waals surface area contributed by atoms with Crippen molar-refractivity contribution in [3.05, 3.63) is 357 Å². The Morgan fingerprint density at radius 3 is 1.24 bits per heavy atom. The highest BCUT2D eigenvalue weighted by Gasteiger charge is 2.35. The van der Waals surface area contributed by atoms with Crippen molar-refractivity contribution in [2.24, 2.45) is 0 Å². The molecule has 13 aromatic carbocycles. The summed E-state index contributed by atoms with van der Waals surface area (Å²) in [7, 11) is 0. The van der Waals surface area contributed by atoms with Gasteiger partial charge in [-0.3, -0.25) is 4.98 Å². The van der Waals surface area contributed by atoms with Gasteiger partial charge < -0.3 is 18.3 Å². The average Bonchev–Trinajstić information content (AvgIpc) is 1.59. The number of para-hydroxylation sites is 6. The molecule has 21 rings (SSSR count). The van der Waals surface area contributed by atoms with Gasteiger partial charge in [-0.15, -0.1) is 0 Å². The molecule has 103 heavy (non-hydrogen) atoms. The molecule has 0 spiro atoms. The lowest BCUT2D eigenvalue weighted by molar-refractivity contribution is 0.660. The van der Waals surface area contributed by atoms with Crippen LogP contribution in [0.4, 0.5) is 0 Å². The van der Waals surface area contributed by atoms with E-state index in [0.717, 1.165) is 95.3 Å². The van der Waals surface area contributed by atoms with Gasteiger partial charge in [-0.2, -0.15) is 0 Å². The Hall–Kier alpha value is -13.6. The van der Waals surface area contributed by atoms with Crippen molar-refractivity contribution in [2.45, 2.75) is 19.3 Å². The third kappa shape index (κ3) is 9.88. The molecule has 0 unspecified atom stereocenters. The normalized spacial score (nSPS) is 12.4. The minimum Gasteiger partial charge on any atom is -0.316 e. The van der Waals surface area contributed by atoms with Crippen LogP contribution in [0.5, 0.6) is 0 Å². The molecule has 0 N–H and O–H groups in total. The first-order valence-electron chi connectivity index (χ1n) is 35.0. The van der Waals surface area contributed by atoms with E-state index in [0.29, 0.717) is 5.82 Å². The van der Waals surface area contributed by atoms with Gasteiger partial charge in [0.05, 0.1) is 61.2 Å². The number of rotatable bonds is 9. The third-order valence-electron chi connectivity index (χ3n) is 21.0. The van der Waals surface area contributed by atoms with Crippen LogP contribution < -0.4 is 0 Å². The lowest BCUT2D eigenvalue weighted by Gasteiger charge is -2.22. The first-order chi connectivity index (χ1) is 50.8. The standard InChI is InChI=1S/C49H34N4.C45H29N5/c1-49(2)41-17-9-6-14-36(41)37-25-22-33(29-42(37)49)47-39-16-7-10-18-43(39)50-48(51-47)31-20-23-35(24-21-31)53-44-19-11-8-15-38(44)40-28-32-26-27-52(45(32)30-46(40)53)34-12-4-3-5-13-34;1-2-10-34(11-3-1)49-27-25-33-28-38-36-12-5-7-16-41(36)50(43(38)29-42(33)49)35-23-21-32(22-24-35)45-47-40-15-6-4-13-37(40)44(48-45)31-19-17-30(18-20-31)39-14-8-9-26-46-39/h3-30H,1-2H3;1-29H. The van der Waals surface area contributed by atoms with E-state index >= 15 is 0 Å². The summed E-state index contributed by atoms with van der Waals surface area (Å²) in [5.74, 6) is 1.42. The van der Waals surface area contributed by atoms with Gasteiger partial charge in [0.2, 0.25) is 0 Å². The van der Waals surface area contributed by atoms with E-state index in [4.69, 9.17) is 19.9 Å². The Kier molecular flexibility index (Phi) is 13.7. The minimum absolute atomic E-state index is 0.0906. The summed E-state index contributed by atoms with van der Waals surface area (Å²) in [5, 5.41) is 9.47. The van der Waals surface area contributed by atoms with E-state index in [9.17, 15) is 0 Å². The van der Waals surface area contributed by atoms with Crippen molar-refractivity contribution < 1.29 is 0 Å². The third-order valence-corrected chi connectivity index (χ3v) is 21.0. The molecular weight excluding hydrogens is 1260 g/mol. The van der Waals surface area contributed by atoms with Crippen LogP contribution >= 0.6 is 0 Å². The molecule has 0 bridgehead atoms. The molecule has 9 heteroatoms. The monoisotopic (exact) mass is 1320 g/mol. The number of aromatic nitrogens is 9. The second kappa shape index (κ2) is 23.8. The van der Waals surface area contributed by atoms with Crippen molar-refractivity contribution in [1.82, 2.24) is 43.2 Å². The van der Waals surface area contributed by atoms with E-state index in [1.54, 1.807) is 0 Å². The molecule has 484 valence electrons. The molecule has 1 aliphatic carbocycles. The number of hydrogen-bond donors (Lipinski definition) is 0. The largest absolute Gasteiger partial charge is 0.316 e. The highest BCUT2D eigenvalue weighted by Crippen LogP contribution is 2.50. The molecule has 0 atom stereocenters. The molecule has 9 nitrogen and oxygen atoms in total. The van der Waals surface area contributed by atoms with Crippen molar-refractivity contribution in [3.8, 4) is 90.4 Å². The summed E-state index contributed by atoms with van der Waals surface area (Å²) in [6, 6.07) is 116. The number of fused-ring (bicyclic) bond motifs is 13. The first kappa shape index (κ1) is 59.4. The summed E-state index contributed by atoms with van der Waals surface area (Å²) >= 11 is 0. The van der Waals surface area contributed by atoms with Crippen LogP contribution in [0.1, 0.15) is 25.0 Å². The summed E-state index contributed by atoms with van der Waals surface area (Å²) in [5.41, 5.74) is 26.6. The first-order valence-corrected chi connectivity index (χ1v) is 35.0. The van der Waals surface area contributed by atoms with Crippen LogP contribution in [0.3, 0.4) is 0 Å². The Morgan fingerprint density at radius 1 is 0.272 bits per heavy atom. The predicted molar refractivity (Wildman–Crippen MR) is 424 cm³/mol. The fraction of sp³-hybridized carbons (Fsp3) is 0.0319. The van der Waals surface area contributed by atoms with Crippen molar-refractivity contribution >= 4 is 87.2 Å². The molecule has 0 saturated heterocycles. The lowest BCUT2D eigenvalue weighted by atomic mass is 9.82. The molecule has 0 fully saturated rings. The molecule has 7 heterocycles. The van der Waals surface area contributed by atoms with E-state index in [-0.39, 0.29) is 5.41 Å². The van der Waals surface area contributed by atoms with Gasteiger partial charge in [-0.05, 0) is 174 Å². The summed E-state index contributed by atoms with van der Waals surface area (Å²) in [4.78, 5) is 25.1. The highest BCUT2D eigenvalue weighted by molar-refractivity contribution is 6.15. The Labute approximate surface area is 593 Å². The molecule has 0 saturated carbocycles. The van der Waals surface area contributed by atoms with Crippen molar-refractivity contribution in [3.63, 3.8) is 0 Å². The predicted octanol–water partition coefficient (Wildman–Crippen LogP) is 23.4. The zero-order valence-electron chi connectivity index (χ0n) is 56.4. The molecule has 0 radical (unpaired) electrons. The topological polar surface area (TPSA) is 84.2 Å². The van der Waals surface area contributed by atoms with Gasteiger partial charge in [0.25, 0.3) is 0 Å². The van der Waals surface area contributed by atoms with Crippen LogP contribution in [-0.2, 0) is 5.41 Å². The second-order valence-corrected chi connectivity index (χ2v) is 27.2. The van der Waals surface area contributed by atoms with Gasteiger partial charge >= 0.3 is 0 Å². The van der Waals surface area contributed by atoms with E-state index in [2.05, 4.69) is 347 Å². The van der Waals surface area contributed by atoms with E-state index in [1.165, 1.54) is 87.7 Å². The second-order valence-electron chi connectivity index (χ2n) is 27.2. The number of hydrogen-bond acceptors (Lipinski definition) is 5. The Bertz CT molecular complexity index is 6720. The molecular formula is C94H63N9. The molecule has 0 amide bonds. The van der Waals surface area contributed by atoms with Crippen LogP contribution in [0.25, 0.3) is 178 Å². The van der Waals surface area contributed by atoms with Crippen LogP contribution in [0.15, 0.2) is 346 Å². The van der Waals surface area contributed by atoms with E-state index < -0.39 is 0 Å². The quantitative estimate of drug-likeness (QED) is 0.144. The smallest absolute Gasteiger partial charge is 0.160 e. The SMILES string of the molecule is CC1(C)c2ccccc2-c2ccc(-c3nc(-c4ccc(-n5c6ccccc6c6cc7ccn(-c8ccccc8)c7cc65)cc4)nc4ccccc34)cc21.c1ccc(-n2ccc3cc4c5ccccc5n(-c5ccc(-c6nc(-c7ccc(-c8ccccn8)cc7)c7ccccc7n6)cc5)c4cc32)cc1. The van der Waals surface area contributed by atoms with Crippen LogP contribution in [-0.4, -0.2) is 43.2 Å². The Morgan fingerprint density at radius 2 is 0.709 bits per heavy atom. The van der Waals surface area contributed by atoms with Gasteiger partial charge in [-0.25, -0.2) is 19.9 Å². The molecule has 20 aromatic rings.